The molecule has 12 heavy (non-hydrogen) atoms. The molecule has 2 heterocycles. The predicted molar refractivity (Wildman–Crippen MR) is 44.6 cm³/mol. The first-order valence-corrected chi connectivity index (χ1v) is 3.81. The third kappa shape index (κ3) is 1.29. The van der Waals surface area contributed by atoms with Gasteiger partial charge in [-0.15, -0.1) is 0 Å². The summed E-state index contributed by atoms with van der Waals surface area (Å²) < 4.78 is 0. The molecule has 0 aromatic carbocycles. The number of fused-ring (bicyclic) bond motifs is 1. The minimum Gasteiger partial charge on any atom is -0.323 e. The maximum absolute atomic E-state index is 11.0. The standard InChI is InChI=1S/C8H9N3O/c12-8-5-9-4-7-6(11-8)2-1-3-10-7/h1-3,9H,4-5H2,(H,11,12). The van der Waals surface area contributed by atoms with Gasteiger partial charge >= 0.3 is 0 Å². The number of anilines is 1. The zero-order valence-corrected chi connectivity index (χ0v) is 6.50. The van der Waals surface area contributed by atoms with E-state index < -0.39 is 0 Å². The van der Waals surface area contributed by atoms with Gasteiger partial charge in [0.25, 0.3) is 0 Å². The van der Waals surface area contributed by atoms with Crippen LogP contribution in [0.15, 0.2) is 18.3 Å². The SMILES string of the molecule is O=C1CNCc2ncccc2N1. The fraction of sp³-hybridized carbons (Fsp3) is 0.250. The zero-order chi connectivity index (χ0) is 8.39. The van der Waals surface area contributed by atoms with E-state index in [0.29, 0.717) is 13.1 Å². The number of nitrogens with zero attached hydrogens (tertiary/aromatic N) is 1. The van der Waals surface area contributed by atoms with E-state index in [0.717, 1.165) is 11.4 Å². The Hall–Kier alpha value is -1.42. The van der Waals surface area contributed by atoms with Crippen molar-refractivity contribution in [2.45, 2.75) is 6.54 Å². The quantitative estimate of drug-likeness (QED) is 0.571. The molecule has 4 heteroatoms. The Bertz CT molecular complexity index is 311. The number of rotatable bonds is 0. The van der Waals surface area contributed by atoms with E-state index in [-0.39, 0.29) is 5.91 Å². The summed E-state index contributed by atoms with van der Waals surface area (Å²) in [5.74, 6) is -0.0123. The summed E-state index contributed by atoms with van der Waals surface area (Å²) in [6.07, 6.45) is 1.72. The highest BCUT2D eigenvalue weighted by molar-refractivity contribution is 5.93. The lowest BCUT2D eigenvalue weighted by atomic mass is 10.3. The van der Waals surface area contributed by atoms with Gasteiger partial charge in [-0.05, 0) is 12.1 Å². The van der Waals surface area contributed by atoms with Gasteiger partial charge in [-0.25, -0.2) is 0 Å². The fourth-order valence-corrected chi connectivity index (χ4v) is 1.18. The lowest BCUT2D eigenvalue weighted by Gasteiger charge is -2.02. The van der Waals surface area contributed by atoms with Crippen LogP contribution in [0.4, 0.5) is 5.69 Å². The van der Waals surface area contributed by atoms with Gasteiger partial charge in [-0.2, -0.15) is 0 Å². The van der Waals surface area contributed by atoms with E-state index in [2.05, 4.69) is 15.6 Å². The molecule has 2 N–H and O–H groups in total. The van der Waals surface area contributed by atoms with Crippen LogP contribution in [0.1, 0.15) is 5.69 Å². The molecule has 0 fully saturated rings. The Morgan fingerprint density at radius 1 is 1.42 bits per heavy atom. The topological polar surface area (TPSA) is 54.0 Å². The van der Waals surface area contributed by atoms with E-state index in [1.165, 1.54) is 0 Å². The average molecular weight is 163 g/mol. The predicted octanol–water partition coefficient (Wildman–Crippen LogP) is 0.123. The Morgan fingerprint density at radius 3 is 3.25 bits per heavy atom. The van der Waals surface area contributed by atoms with Crippen molar-refractivity contribution in [1.82, 2.24) is 10.3 Å². The first-order chi connectivity index (χ1) is 5.86. The second-order valence-electron chi connectivity index (χ2n) is 2.65. The Morgan fingerprint density at radius 2 is 2.33 bits per heavy atom. The summed E-state index contributed by atoms with van der Waals surface area (Å²) in [4.78, 5) is 15.2. The molecule has 1 aromatic rings. The van der Waals surface area contributed by atoms with Gasteiger partial charge in [0, 0.05) is 12.7 Å². The van der Waals surface area contributed by atoms with Gasteiger partial charge in [0.1, 0.15) is 0 Å². The Labute approximate surface area is 70.0 Å². The fourth-order valence-electron chi connectivity index (χ4n) is 1.18. The lowest BCUT2D eigenvalue weighted by Crippen LogP contribution is -2.23. The normalized spacial score (nSPS) is 16.2. The smallest absolute Gasteiger partial charge is 0.238 e. The van der Waals surface area contributed by atoms with Crippen molar-refractivity contribution in [3.05, 3.63) is 24.0 Å². The van der Waals surface area contributed by atoms with Crippen LogP contribution in [0.5, 0.6) is 0 Å². The average Bonchev–Trinajstić information content (AvgIpc) is 2.25. The highest BCUT2D eigenvalue weighted by Crippen LogP contribution is 2.12. The van der Waals surface area contributed by atoms with Crippen molar-refractivity contribution in [3.63, 3.8) is 0 Å². The van der Waals surface area contributed by atoms with Crippen molar-refractivity contribution in [2.75, 3.05) is 11.9 Å². The van der Waals surface area contributed by atoms with Gasteiger partial charge < -0.3 is 10.6 Å². The third-order valence-electron chi connectivity index (χ3n) is 1.74. The number of hydrogen-bond donors (Lipinski definition) is 2. The van der Waals surface area contributed by atoms with E-state index in [9.17, 15) is 4.79 Å². The summed E-state index contributed by atoms with van der Waals surface area (Å²) in [5, 5.41) is 5.74. The van der Waals surface area contributed by atoms with Gasteiger partial charge in [0.2, 0.25) is 5.91 Å². The minimum atomic E-state index is -0.0123. The Balaban J connectivity index is 2.37. The van der Waals surface area contributed by atoms with Crippen molar-refractivity contribution < 1.29 is 4.79 Å². The molecule has 1 aliphatic heterocycles. The number of nitrogens with one attached hydrogen (secondary N) is 2. The van der Waals surface area contributed by atoms with Crippen LogP contribution in [0.2, 0.25) is 0 Å². The number of carbonyl (C=O) groups is 1. The van der Waals surface area contributed by atoms with Crippen molar-refractivity contribution in [1.29, 1.82) is 0 Å². The highest BCUT2D eigenvalue weighted by atomic mass is 16.1. The molecular weight excluding hydrogens is 154 g/mol. The van der Waals surface area contributed by atoms with E-state index in [1.807, 2.05) is 12.1 Å². The second-order valence-corrected chi connectivity index (χ2v) is 2.65. The summed E-state index contributed by atoms with van der Waals surface area (Å²) >= 11 is 0. The second kappa shape index (κ2) is 2.91. The molecule has 4 nitrogen and oxygen atoms in total. The molecule has 0 atom stereocenters. The molecular formula is C8H9N3O. The van der Waals surface area contributed by atoms with E-state index >= 15 is 0 Å². The third-order valence-corrected chi connectivity index (χ3v) is 1.74. The van der Waals surface area contributed by atoms with E-state index in [1.54, 1.807) is 6.20 Å². The molecule has 0 saturated heterocycles. The molecule has 1 amide bonds. The molecule has 1 aromatic heterocycles. The van der Waals surface area contributed by atoms with Gasteiger partial charge in [-0.3, -0.25) is 9.78 Å². The summed E-state index contributed by atoms with van der Waals surface area (Å²) in [6, 6.07) is 3.66. The number of aromatic nitrogens is 1. The first-order valence-electron chi connectivity index (χ1n) is 3.81. The number of hydrogen-bond acceptors (Lipinski definition) is 3. The van der Waals surface area contributed by atoms with Crippen molar-refractivity contribution in [2.24, 2.45) is 0 Å². The minimum absolute atomic E-state index is 0.0123. The maximum atomic E-state index is 11.0. The molecule has 0 unspecified atom stereocenters. The number of pyridine rings is 1. The maximum Gasteiger partial charge on any atom is 0.238 e. The van der Waals surface area contributed by atoms with Crippen LogP contribution >= 0.6 is 0 Å². The Kier molecular flexibility index (Phi) is 1.75. The summed E-state index contributed by atoms with van der Waals surface area (Å²) in [5.41, 5.74) is 1.70. The van der Waals surface area contributed by atoms with Gasteiger partial charge in [0.05, 0.1) is 17.9 Å². The van der Waals surface area contributed by atoms with Gasteiger partial charge in [0.15, 0.2) is 0 Å². The lowest BCUT2D eigenvalue weighted by molar-refractivity contribution is -0.115. The molecule has 0 saturated carbocycles. The molecule has 0 radical (unpaired) electrons. The van der Waals surface area contributed by atoms with Gasteiger partial charge in [-0.1, -0.05) is 0 Å². The van der Waals surface area contributed by atoms with Crippen LogP contribution < -0.4 is 10.6 Å². The molecule has 2 rings (SSSR count). The summed E-state index contributed by atoms with van der Waals surface area (Å²) in [6.45, 7) is 1.01. The van der Waals surface area contributed by atoms with Crippen LogP contribution in [0.3, 0.4) is 0 Å². The van der Waals surface area contributed by atoms with Crippen LogP contribution in [0, 0.1) is 0 Å². The summed E-state index contributed by atoms with van der Waals surface area (Å²) in [7, 11) is 0. The first kappa shape index (κ1) is 7.24. The van der Waals surface area contributed by atoms with Crippen molar-refractivity contribution in [3.8, 4) is 0 Å². The number of amides is 1. The van der Waals surface area contributed by atoms with E-state index in [4.69, 9.17) is 0 Å². The molecule has 0 aliphatic carbocycles. The molecule has 1 aliphatic rings. The monoisotopic (exact) mass is 163 g/mol. The molecule has 0 spiro atoms. The van der Waals surface area contributed by atoms with Crippen LogP contribution in [0.25, 0.3) is 0 Å². The van der Waals surface area contributed by atoms with Crippen molar-refractivity contribution >= 4 is 11.6 Å². The molecule has 62 valence electrons. The largest absolute Gasteiger partial charge is 0.323 e. The molecule has 0 bridgehead atoms. The number of carbonyl (C=O) groups excluding carboxylic acids is 1. The zero-order valence-electron chi connectivity index (χ0n) is 6.50. The van der Waals surface area contributed by atoms with Crippen LogP contribution in [-0.4, -0.2) is 17.4 Å². The van der Waals surface area contributed by atoms with Crippen LogP contribution in [-0.2, 0) is 11.3 Å². The highest BCUT2D eigenvalue weighted by Gasteiger charge is 2.11.